The molecule has 2 N–H and O–H groups in total. The minimum Gasteiger partial charge on any atom is -0.331 e. The molecule has 1 unspecified atom stereocenters. The number of aromatic nitrogens is 2. The van der Waals surface area contributed by atoms with Crippen LogP contribution in [0.25, 0.3) is 0 Å². The molecule has 1 aromatic rings. The monoisotopic (exact) mass is 213 g/mol. The van der Waals surface area contributed by atoms with E-state index in [1.165, 1.54) is 11.4 Å². The zero-order valence-electron chi connectivity index (χ0n) is 8.94. The third kappa shape index (κ3) is 3.03. The van der Waals surface area contributed by atoms with Gasteiger partial charge < -0.3 is 10.3 Å². The van der Waals surface area contributed by atoms with Crippen LogP contribution in [-0.4, -0.2) is 27.6 Å². The Labute approximate surface area is 90.1 Å². The number of imidazole rings is 1. The summed E-state index contributed by atoms with van der Waals surface area (Å²) >= 11 is 1.96. The average molecular weight is 213 g/mol. The highest BCUT2D eigenvalue weighted by Gasteiger charge is 2.08. The highest BCUT2D eigenvalue weighted by molar-refractivity contribution is 7.99. The zero-order chi connectivity index (χ0) is 10.4. The number of thioether (sulfide) groups is 1. The maximum absolute atomic E-state index is 5.54. The van der Waals surface area contributed by atoms with Gasteiger partial charge in [-0.25, -0.2) is 4.98 Å². The van der Waals surface area contributed by atoms with E-state index in [0.717, 1.165) is 12.2 Å². The van der Waals surface area contributed by atoms with E-state index in [1.54, 1.807) is 0 Å². The van der Waals surface area contributed by atoms with Crippen LogP contribution in [0.1, 0.15) is 25.6 Å². The van der Waals surface area contributed by atoms with E-state index in [-0.39, 0.29) is 0 Å². The average Bonchev–Trinajstić information content (AvgIpc) is 2.63. The van der Waals surface area contributed by atoms with E-state index in [2.05, 4.69) is 23.4 Å². The van der Waals surface area contributed by atoms with Crippen molar-refractivity contribution in [1.82, 2.24) is 9.55 Å². The first-order valence-corrected chi connectivity index (χ1v) is 6.23. The fraction of sp³-hybridized carbons (Fsp3) is 0.700. The molecular formula is C10H19N3S. The second-order valence-corrected chi connectivity index (χ2v) is 4.66. The van der Waals surface area contributed by atoms with Gasteiger partial charge in [-0.2, -0.15) is 11.8 Å². The van der Waals surface area contributed by atoms with Gasteiger partial charge in [-0.15, -0.1) is 0 Å². The van der Waals surface area contributed by atoms with Crippen LogP contribution in [0, 0.1) is 0 Å². The van der Waals surface area contributed by atoms with E-state index in [4.69, 9.17) is 5.73 Å². The van der Waals surface area contributed by atoms with Crippen LogP contribution in [0.15, 0.2) is 12.5 Å². The van der Waals surface area contributed by atoms with Crippen LogP contribution in [0.4, 0.5) is 0 Å². The van der Waals surface area contributed by atoms with Gasteiger partial charge >= 0.3 is 0 Å². The minimum atomic E-state index is 0.518. The topological polar surface area (TPSA) is 43.8 Å². The molecule has 1 rings (SSSR count). The van der Waals surface area contributed by atoms with E-state index in [9.17, 15) is 0 Å². The number of hydrogen-bond donors (Lipinski definition) is 1. The van der Waals surface area contributed by atoms with Gasteiger partial charge in [0.05, 0.1) is 6.33 Å². The second kappa shape index (κ2) is 6.09. The first-order chi connectivity index (χ1) is 6.79. The molecule has 80 valence electrons. The fourth-order valence-corrected chi connectivity index (χ4v) is 2.18. The first kappa shape index (κ1) is 11.6. The van der Waals surface area contributed by atoms with Crippen molar-refractivity contribution in [2.45, 2.75) is 26.3 Å². The van der Waals surface area contributed by atoms with Gasteiger partial charge in [-0.3, -0.25) is 0 Å². The lowest BCUT2D eigenvalue weighted by Gasteiger charge is -2.15. The van der Waals surface area contributed by atoms with Crippen LogP contribution in [-0.2, 0) is 6.42 Å². The summed E-state index contributed by atoms with van der Waals surface area (Å²) in [7, 11) is 0. The predicted molar refractivity (Wildman–Crippen MR) is 62.7 cm³/mol. The molecular weight excluding hydrogens is 194 g/mol. The highest BCUT2D eigenvalue weighted by atomic mass is 32.2. The molecule has 0 amide bonds. The third-order valence-electron chi connectivity index (χ3n) is 2.18. The number of nitrogens with zero attached hydrogens (tertiary/aromatic N) is 2. The summed E-state index contributed by atoms with van der Waals surface area (Å²) in [6, 6.07) is 0.518. The van der Waals surface area contributed by atoms with Crippen molar-refractivity contribution in [3.8, 4) is 0 Å². The zero-order valence-corrected chi connectivity index (χ0v) is 9.76. The van der Waals surface area contributed by atoms with Crippen molar-refractivity contribution in [3.63, 3.8) is 0 Å². The van der Waals surface area contributed by atoms with Crippen molar-refractivity contribution in [1.29, 1.82) is 0 Å². The van der Waals surface area contributed by atoms with Crippen molar-refractivity contribution in [3.05, 3.63) is 18.2 Å². The Hall–Kier alpha value is -0.480. The van der Waals surface area contributed by atoms with E-state index in [0.29, 0.717) is 12.6 Å². The smallest absolute Gasteiger partial charge is 0.0950 e. The summed E-state index contributed by atoms with van der Waals surface area (Å²) in [5.41, 5.74) is 6.79. The maximum Gasteiger partial charge on any atom is 0.0950 e. The molecule has 0 fully saturated rings. The quantitative estimate of drug-likeness (QED) is 0.782. The van der Waals surface area contributed by atoms with Crippen LogP contribution in [0.5, 0.6) is 0 Å². The molecule has 0 saturated heterocycles. The fourth-order valence-electron chi connectivity index (χ4n) is 1.44. The van der Waals surface area contributed by atoms with Gasteiger partial charge in [0.2, 0.25) is 0 Å². The normalized spacial score (nSPS) is 13.1. The van der Waals surface area contributed by atoms with Crippen LogP contribution in [0.2, 0.25) is 0 Å². The highest BCUT2D eigenvalue weighted by Crippen LogP contribution is 2.15. The molecule has 0 aliphatic carbocycles. The van der Waals surface area contributed by atoms with Crippen LogP contribution in [0.3, 0.4) is 0 Å². The Morgan fingerprint density at radius 2 is 2.43 bits per heavy atom. The molecule has 4 heteroatoms. The molecule has 1 heterocycles. The van der Waals surface area contributed by atoms with Gasteiger partial charge in [0.25, 0.3) is 0 Å². The number of hydrogen-bond acceptors (Lipinski definition) is 3. The Bertz CT molecular complexity index is 260. The molecule has 0 aliphatic heterocycles. The van der Waals surface area contributed by atoms with Crippen LogP contribution < -0.4 is 5.73 Å². The predicted octanol–water partition coefficient (Wildman–Crippen LogP) is 1.70. The molecule has 0 spiro atoms. The Balaban J connectivity index is 2.58. The van der Waals surface area contributed by atoms with Gasteiger partial charge in [0.1, 0.15) is 0 Å². The van der Waals surface area contributed by atoms with Crippen LogP contribution >= 0.6 is 11.8 Å². The number of rotatable bonds is 6. The lowest BCUT2D eigenvalue weighted by atomic mass is 10.3. The van der Waals surface area contributed by atoms with Crippen molar-refractivity contribution >= 4 is 11.8 Å². The summed E-state index contributed by atoms with van der Waals surface area (Å²) in [4.78, 5) is 4.17. The molecule has 0 aromatic carbocycles. The van der Waals surface area contributed by atoms with Crippen molar-refractivity contribution in [2.75, 3.05) is 18.1 Å². The SMILES string of the molecule is CCSCC(C)n1cncc1CCN. The van der Waals surface area contributed by atoms with E-state index in [1.807, 2.05) is 24.3 Å². The molecule has 0 aliphatic rings. The van der Waals surface area contributed by atoms with Gasteiger partial charge in [-0.1, -0.05) is 6.92 Å². The van der Waals surface area contributed by atoms with Crippen molar-refractivity contribution in [2.24, 2.45) is 5.73 Å². The molecule has 1 atom stereocenters. The van der Waals surface area contributed by atoms with E-state index < -0.39 is 0 Å². The van der Waals surface area contributed by atoms with Gasteiger partial charge in [0.15, 0.2) is 0 Å². The molecule has 0 saturated carbocycles. The second-order valence-electron chi connectivity index (χ2n) is 3.34. The summed E-state index contributed by atoms with van der Waals surface area (Å²) in [5, 5.41) is 0. The summed E-state index contributed by atoms with van der Waals surface area (Å²) in [5.74, 6) is 2.32. The third-order valence-corrected chi connectivity index (χ3v) is 3.31. The van der Waals surface area contributed by atoms with E-state index >= 15 is 0 Å². The standard InChI is InChI=1S/C10H19N3S/c1-3-14-7-9(2)13-8-12-6-10(13)4-5-11/h6,8-9H,3-5,7,11H2,1-2H3. The summed E-state index contributed by atoms with van der Waals surface area (Å²) in [6.07, 6.45) is 4.74. The number of nitrogens with two attached hydrogens (primary N) is 1. The Kier molecular flexibility index (Phi) is 5.04. The summed E-state index contributed by atoms with van der Waals surface area (Å²) < 4.78 is 2.23. The molecule has 1 aromatic heterocycles. The Morgan fingerprint density at radius 1 is 1.64 bits per heavy atom. The lowest BCUT2D eigenvalue weighted by molar-refractivity contribution is 0.581. The largest absolute Gasteiger partial charge is 0.331 e. The maximum atomic E-state index is 5.54. The first-order valence-electron chi connectivity index (χ1n) is 5.08. The molecule has 14 heavy (non-hydrogen) atoms. The van der Waals surface area contributed by atoms with Crippen molar-refractivity contribution < 1.29 is 0 Å². The minimum absolute atomic E-state index is 0.518. The molecule has 0 radical (unpaired) electrons. The lowest BCUT2D eigenvalue weighted by Crippen LogP contribution is -2.13. The Morgan fingerprint density at radius 3 is 3.07 bits per heavy atom. The summed E-state index contributed by atoms with van der Waals surface area (Å²) in [6.45, 7) is 5.11. The van der Waals surface area contributed by atoms with Gasteiger partial charge in [0, 0.05) is 30.1 Å². The van der Waals surface area contributed by atoms with Gasteiger partial charge in [-0.05, 0) is 19.2 Å². The molecule has 3 nitrogen and oxygen atoms in total. The molecule has 0 bridgehead atoms.